The van der Waals surface area contributed by atoms with Crippen LogP contribution in [-0.4, -0.2) is 444 Å². The van der Waals surface area contributed by atoms with E-state index in [0.29, 0.717) is 0 Å². The highest BCUT2D eigenvalue weighted by Crippen LogP contribution is 2.40. The Morgan fingerprint density at radius 1 is 0.417 bits per heavy atom. The average Bonchev–Trinajstić information content (AvgIpc) is 0.774. The number of nitrogens with one attached hydrogen (secondary N) is 3. The molecule has 0 aromatic carbocycles. The number of hydrogen-bond acceptors (Lipinski definition) is 42. The van der Waals surface area contributed by atoms with Gasteiger partial charge in [0, 0.05) is 27.2 Å². The van der Waals surface area contributed by atoms with Crippen molar-refractivity contribution in [1.82, 2.24) is 16.0 Å². The third-order valence-corrected chi connectivity index (χ3v) is 18.8. The molecule has 0 aliphatic carbocycles. The number of aliphatic carboxylic acids is 1. The molecule has 8 rings (SSSR count). The Kier molecular flexibility index (Phi) is 29.9. The third kappa shape index (κ3) is 18.6. The van der Waals surface area contributed by atoms with Crippen molar-refractivity contribution in [3.63, 3.8) is 0 Å². The molecule has 0 saturated carbocycles. The molecule has 0 aromatic heterocycles. The monoisotopic (exact) mass is 1510 g/mol. The van der Waals surface area contributed by atoms with Crippen molar-refractivity contribution in [2.75, 3.05) is 46.2 Å². The lowest BCUT2D eigenvalue weighted by Crippen LogP contribution is -2.70. The van der Waals surface area contributed by atoms with Gasteiger partial charge in [-0.1, -0.05) is 0 Å². The van der Waals surface area contributed by atoms with E-state index in [-0.39, 0.29) is 0 Å². The summed E-state index contributed by atoms with van der Waals surface area (Å²) in [5.41, 5.74) is 0. The lowest BCUT2D eigenvalue weighted by molar-refractivity contribution is -0.388. The highest BCUT2D eigenvalue weighted by Gasteiger charge is 2.61. The molecule has 8 aliphatic heterocycles. The maximum absolute atomic E-state index is 13.2. The molecule has 3 amide bonds. The maximum Gasteiger partial charge on any atom is 0.364 e. The van der Waals surface area contributed by atoms with E-state index in [1.165, 1.54) is 6.92 Å². The summed E-state index contributed by atoms with van der Waals surface area (Å²) in [5.74, 6) is -7.83. The van der Waals surface area contributed by atoms with Gasteiger partial charge in [-0.2, -0.15) is 0 Å². The summed E-state index contributed by atoms with van der Waals surface area (Å²) >= 11 is 0. The number of aliphatic hydroxyl groups excluding tert-OH is 23. The molecule has 103 heavy (non-hydrogen) atoms. The number of carboxylic acid groups (broad SMARTS) is 1. The molecule has 8 heterocycles. The molecule has 46 nitrogen and oxygen atoms in total. The van der Waals surface area contributed by atoms with Crippen LogP contribution in [0.2, 0.25) is 0 Å². The Bertz CT molecular complexity index is 2720. The van der Waals surface area contributed by atoms with Gasteiger partial charge in [-0.05, 0) is 6.92 Å². The van der Waals surface area contributed by atoms with Gasteiger partial charge in [0.25, 0.3) is 5.79 Å². The van der Waals surface area contributed by atoms with Crippen molar-refractivity contribution in [3.8, 4) is 0 Å². The zero-order chi connectivity index (χ0) is 76.3. The molecule has 41 atom stereocenters. The fourth-order valence-corrected chi connectivity index (χ4v) is 13.1. The van der Waals surface area contributed by atoms with E-state index in [1.807, 2.05) is 0 Å². The summed E-state index contributed by atoms with van der Waals surface area (Å²) in [5, 5.41) is 269. The smallest absolute Gasteiger partial charge is 0.364 e. The molecule has 8 saturated heterocycles. The molecule has 8 aliphatic rings. The normalized spacial score (nSPS) is 48.3. The summed E-state index contributed by atoms with van der Waals surface area (Å²) in [6.45, 7) is -3.70. The number of carbonyl (C=O) groups excluding carboxylic acids is 3. The van der Waals surface area contributed by atoms with Gasteiger partial charge in [-0.3, -0.25) is 14.4 Å². The molecule has 0 spiro atoms. The molecule has 8 fully saturated rings. The number of ether oxygens (including phenoxy) is 15. The van der Waals surface area contributed by atoms with E-state index in [9.17, 15) is 142 Å². The summed E-state index contributed by atoms with van der Waals surface area (Å²) in [6.07, 6.45) is -77.4. The summed E-state index contributed by atoms with van der Waals surface area (Å²) in [7, 11) is 0. The van der Waals surface area contributed by atoms with E-state index in [1.54, 1.807) is 0 Å². The number of hydrogen-bond donors (Lipinski definition) is 27. The minimum atomic E-state index is -3.06. The van der Waals surface area contributed by atoms with Gasteiger partial charge in [0.2, 0.25) is 17.7 Å². The van der Waals surface area contributed by atoms with Crippen molar-refractivity contribution in [2.24, 2.45) is 0 Å². The highest BCUT2D eigenvalue weighted by molar-refractivity contribution is 5.77. The molecule has 27 N–H and O–H groups in total. The van der Waals surface area contributed by atoms with E-state index in [2.05, 4.69) is 16.0 Å². The van der Waals surface area contributed by atoms with Crippen molar-refractivity contribution in [1.29, 1.82) is 0 Å². The Hall–Kier alpha value is -3.64. The van der Waals surface area contributed by atoms with Crippen molar-refractivity contribution < 1.29 is 213 Å². The second kappa shape index (κ2) is 36.3. The van der Waals surface area contributed by atoms with Gasteiger partial charge >= 0.3 is 5.97 Å². The van der Waals surface area contributed by atoms with Crippen LogP contribution < -0.4 is 16.0 Å². The van der Waals surface area contributed by atoms with Crippen LogP contribution in [0.25, 0.3) is 0 Å². The zero-order valence-corrected chi connectivity index (χ0v) is 55.2. The van der Waals surface area contributed by atoms with Crippen LogP contribution in [-0.2, 0) is 90.2 Å². The molecular formula is C57H95N3O43. The van der Waals surface area contributed by atoms with E-state index >= 15 is 0 Å². The Morgan fingerprint density at radius 2 is 0.845 bits per heavy atom. The minimum absolute atomic E-state index is 0.824. The summed E-state index contributed by atoms with van der Waals surface area (Å²) < 4.78 is 87.8. The Balaban J connectivity index is 1.08. The van der Waals surface area contributed by atoms with Gasteiger partial charge in [-0.15, -0.1) is 0 Å². The lowest BCUT2D eigenvalue weighted by Gasteiger charge is -2.51. The molecule has 0 aromatic rings. The van der Waals surface area contributed by atoms with Gasteiger partial charge in [0.05, 0.1) is 64.5 Å². The van der Waals surface area contributed by atoms with E-state index in [0.717, 1.165) is 20.8 Å². The van der Waals surface area contributed by atoms with Crippen molar-refractivity contribution in [2.45, 2.75) is 285 Å². The predicted molar refractivity (Wildman–Crippen MR) is 315 cm³/mol. The second-order valence-electron chi connectivity index (χ2n) is 26.1. The van der Waals surface area contributed by atoms with Gasteiger partial charge in [-0.25, -0.2) is 4.79 Å². The predicted octanol–water partition coefficient (Wildman–Crippen LogP) is -17.8. The van der Waals surface area contributed by atoms with Crippen LogP contribution in [0.1, 0.15) is 34.1 Å². The van der Waals surface area contributed by atoms with Crippen LogP contribution in [0.15, 0.2) is 0 Å². The quantitative estimate of drug-likeness (QED) is 0.0363. The number of carboxylic acids is 1. The first-order valence-corrected chi connectivity index (χ1v) is 32.6. The number of amides is 3. The van der Waals surface area contributed by atoms with Crippen LogP contribution in [0.4, 0.5) is 0 Å². The number of rotatable bonds is 27. The third-order valence-electron chi connectivity index (χ3n) is 18.8. The van der Waals surface area contributed by atoms with Crippen LogP contribution in [0.5, 0.6) is 0 Å². The second-order valence-corrected chi connectivity index (χ2v) is 26.1. The molecule has 596 valence electrons. The highest BCUT2D eigenvalue weighted by atomic mass is 16.8. The fourth-order valence-electron chi connectivity index (χ4n) is 13.1. The first-order valence-electron chi connectivity index (χ1n) is 32.6. The average molecular weight is 1510 g/mol. The Labute approximate surface area is 582 Å². The van der Waals surface area contributed by atoms with Crippen LogP contribution >= 0.6 is 0 Å². The molecular weight excluding hydrogens is 1410 g/mol. The molecule has 46 heteroatoms. The SMILES string of the molecule is CC(=O)N[C@H]1[C@H](O[C@H]2[C@@H](O)[C@@H](CO[C@@H]3O[C@H](CO)[C@@H](O[C@@H]4O[C@H](CO)[C@H](O)[C@H](O)[C@H]4O)[C@H](O[C@@H]4O[C@@H](C)[C@@H](O)[C@@H](O)[C@@H]4O)[C@H]3NC(C)=O)O[C@@H](O[C@H]3[C@H](O)[C@@H](O)[C@H](O)O[C@@H]3CO)[C@@H]2O)O[C@H](CO)[C@@H](O[C@@H]2O[C@H](CO[C@]3(C(=O)O)C[C@H](O)[C@@H](NC(C)=O)[C@H]([C@H](O)[C@H](O)CO)O3)[C@H](O)[C@H](O)[C@H]2O)[C@@H]1O. The largest absolute Gasteiger partial charge is 0.477 e. The zero-order valence-electron chi connectivity index (χ0n) is 55.2. The number of carbonyl (C=O) groups is 4. The molecule has 0 radical (unpaired) electrons. The van der Waals surface area contributed by atoms with Gasteiger partial charge in [0.1, 0.15) is 183 Å². The first-order chi connectivity index (χ1) is 48.5. The van der Waals surface area contributed by atoms with Crippen LogP contribution in [0, 0.1) is 0 Å². The number of aliphatic hydroxyl groups is 23. The lowest BCUT2D eigenvalue weighted by atomic mass is 9.88. The van der Waals surface area contributed by atoms with E-state index < -0.39 is 327 Å². The fraction of sp³-hybridized carbons (Fsp3) is 0.930. The minimum Gasteiger partial charge on any atom is -0.477 e. The molecule has 0 bridgehead atoms. The topological polar surface area (TPSA) is 728 Å². The summed E-state index contributed by atoms with van der Waals surface area (Å²) in [6, 6.07) is -5.53. The van der Waals surface area contributed by atoms with Crippen LogP contribution in [0.3, 0.4) is 0 Å². The van der Waals surface area contributed by atoms with E-state index in [4.69, 9.17) is 71.1 Å². The van der Waals surface area contributed by atoms with Crippen molar-refractivity contribution in [3.05, 3.63) is 0 Å². The van der Waals surface area contributed by atoms with Gasteiger partial charge in [0.15, 0.2) is 44.0 Å². The summed E-state index contributed by atoms with van der Waals surface area (Å²) in [4.78, 5) is 51.3. The maximum atomic E-state index is 13.2. The standard InChI is InChI=1S/C57H95N3O43/c1-13-28(71)34(77)39(82)52(91-13)101-47-27(60-16(4)68)50(94-22(10-65)45(47)100-53-40(83)35(78)30(73)19(7-62)93-53)89-11-23-32(75)48(42(85)55(96-23)99-44-20(8-63)92-49(86)38(81)37(44)80)102-51-26(59-15(3)67)33(76)43(21(9-64)95-51)98-54-41(84)36(79)31(74)24(97-54)12-90-57(56(87)88)5-17(69)25(58-14(2)66)46(103-57)29(72)18(70)6-61/h13,17-55,61-65,69-86H,5-12H2,1-4H3,(H,58,66)(H,59,67)(H,60,68)(H,87,88)/t13-,17-,18+,19+,20+,21+,22+,23+,24+,25+,26+,27+,28+,29+,30-,31-,32-,33+,34+,35-,36-,37+,38+,39-,40+,41+,42+,43+,44+,45+,46+,47+,48-,49+,50+,51-,52-,53-,54-,55-,57+/m0/s1. The molecule has 0 unspecified atom stereocenters. The van der Waals surface area contributed by atoms with Gasteiger partial charge < -0.3 is 210 Å². The first kappa shape index (κ1) is 85.0. The van der Waals surface area contributed by atoms with Crippen molar-refractivity contribution >= 4 is 23.7 Å². The Morgan fingerprint density at radius 3 is 1.39 bits per heavy atom.